The summed E-state index contributed by atoms with van der Waals surface area (Å²) in [6, 6.07) is -0.893. The van der Waals surface area contributed by atoms with E-state index in [1.54, 1.807) is 4.90 Å². The first-order chi connectivity index (χ1) is 9.11. The quantitative estimate of drug-likeness (QED) is 0.802. The monoisotopic (exact) mass is 268 g/mol. The number of carbonyl (C=O) groups excluding carboxylic acids is 1. The van der Waals surface area contributed by atoms with Crippen LogP contribution >= 0.6 is 0 Å². The van der Waals surface area contributed by atoms with Gasteiger partial charge in [-0.15, -0.1) is 0 Å². The van der Waals surface area contributed by atoms with Crippen molar-refractivity contribution in [1.29, 1.82) is 0 Å². The molecule has 0 aromatic carbocycles. The van der Waals surface area contributed by atoms with Gasteiger partial charge in [0, 0.05) is 13.1 Å². The summed E-state index contributed by atoms with van der Waals surface area (Å²) >= 11 is 0. The predicted molar refractivity (Wildman–Crippen MR) is 71.9 cm³/mol. The number of carboxylic acids is 1. The molecular formula is C14H24N2O3. The van der Waals surface area contributed by atoms with E-state index in [2.05, 4.69) is 12.2 Å². The Morgan fingerprint density at radius 1 is 1.26 bits per heavy atom. The topological polar surface area (TPSA) is 69.6 Å². The summed E-state index contributed by atoms with van der Waals surface area (Å²) in [4.78, 5) is 24.9. The van der Waals surface area contributed by atoms with Crippen LogP contribution < -0.4 is 5.32 Å². The summed E-state index contributed by atoms with van der Waals surface area (Å²) in [5, 5.41) is 11.8. The second-order valence-electron chi connectivity index (χ2n) is 5.82. The zero-order valence-corrected chi connectivity index (χ0v) is 11.6. The summed E-state index contributed by atoms with van der Waals surface area (Å²) in [6.45, 7) is 3.70. The average Bonchev–Trinajstić information content (AvgIpc) is 3.21. The fraction of sp³-hybridized carbons (Fsp3) is 0.857. The Bertz CT molecular complexity index is 334. The molecule has 0 radical (unpaired) electrons. The van der Waals surface area contributed by atoms with Crippen LogP contribution in [0.3, 0.4) is 0 Å². The van der Waals surface area contributed by atoms with E-state index < -0.39 is 12.0 Å². The maximum atomic E-state index is 12.1. The molecule has 0 aromatic rings. The molecule has 2 rings (SSSR count). The van der Waals surface area contributed by atoms with Crippen LogP contribution in [0.15, 0.2) is 0 Å². The number of urea groups is 1. The van der Waals surface area contributed by atoms with Gasteiger partial charge in [0.25, 0.3) is 0 Å². The lowest BCUT2D eigenvalue weighted by atomic mass is 9.93. The van der Waals surface area contributed by atoms with Crippen LogP contribution in [0.25, 0.3) is 0 Å². The first-order valence-corrected chi connectivity index (χ1v) is 7.40. The fourth-order valence-corrected chi connectivity index (χ4v) is 2.87. The molecule has 2 aliphatic rings. The maximum absolute atomic E-state index is 12.1. The molecule has 1 aliphatic heterocycles. The number of likely N-dealkylation sites (tertiary alicyclic amines) is 1. The molecule has 19 heavy (non-hydrogen) atoms. The molecule has 5 nitrogen and oxygen atoms in total. The SMILES string of the molecule is CCCC1CCN(C(=O)NC(C(=O)O)C2CC2)CC1. The van der Waals surface area contributed by atoms with E-state index >= 15 is 0 Å². The molecule has 2 fully saturated rings. The fourth-order valence-electron chi connectivity index (χ4n) is 2.87. The lowest BCUT2D eigenvalue weighted by Crippen LogP contribution is -2.51. The second-order valence-corrected chi connectivity index (χ2v) is 5.82. The van der Waals surface area contributed by atoms with Crippen molar-refractivity contribution >= 4 is 12.0 Å². The number of hydrogen-bond donors (Lipinski definition) is 2. The number of carbonyl (C=O) groups is 2. The van der Waals surface area contributed by atoms with Crippen LogP contribution in [0, 0.1) is 11.8 Å². The van der Waals surface area contributed by atoms with Crippen LogP contribution in [0.5, 0.6) is 0 Å². The van der Waals surface area contributed by atoms with Crippen LogP contribution in [-0.2, 0) is 4.79 Å². The smallest absolute Gasteiger partial charge is 0.326 e. The number of nitrogens with one attached hydrogen (secondary N) is 1. The molecule has 2 amide bonds. The standard InChI is InChI=1S/C14H24N2O3/c1-2-3-10-6-8-16(9-7-10)14(19)15-12(13(17)18)11-4-5-11/h10-12H,2-9H2,1H3,(H,15,19)(H,17,18). The number of carboxylic acid groups (broad SMARTS) is 1. The van der Waals surface area contributed by atoms with Gasteiger partial charge < -0.3 is 15.3 Å². The molecule has 0 bridgehead atoms. The zero-order valence-electron chi connectivity index (χ0n) is 11.6. The van der Waals surface area contributed by atoms with Gasteiger partial charge in [-0.25, -0.2) is 9.59 Å². The molecule has 1 saturated heterocycles. The second kappa shape index (κ2) is 6.26. The maximum Gasteiger partial charge on any atom is 0.326 e. The Labute approximate surface area is 114 Å². The Hall–Kier alpha value is -1.26. The van der Waals surface area contributed by atoms with E-state index in [1.807, 2.05) is 0 Å². The lowest BCUT2D eigenvalue weighted by Gasteiger charge is -2.32. The summed E-state index contributed by atoms with van der Waals surface area (Å²) in [6.07, 6.45) is 6.34. The number of piperidine rings is 1. The molecule has 0 spiro atoms. The van der Waals surface area contributed by atoms with Gasteiger partial charge >= 0.3 is 12.0 Å². The van der Waals surface area contributed by atoms with E-state index in [-0.39, 0.29) is 11.9 Å². The van der Waals surface area contributed by atoms with Gasteiger partial charge in [0.2, 0.25) is 0 Å². The Kier molecular flexibility index (Phi) is 4.66. The van der Waals surface area contributed by atoms with Gasteiger partial charge in [-0.3, -0.25) is 0 Å². The van der Waals surface area contributed by atoms with E-state index in [0.717, 1.165) is 44.7 Å². The van der Waals surface area contributed by atoms with Crippen LogP contribution in [0.4, 0.5) is 4.79 Å². The highest BCUT2D eigenvalue weighted by Gasteiger charge is 2.38. The minimum Gasteiger partial charge on any atom is -0.480 e. The Balaban J connectivity index is 1.79. The number of rotatable bonds is 5. The molecule has 2 N–H and O–H groups in total. The molecular weight excluding hydrogens is 244 g/mol. The van der Waals surface area contributed by atoms with Crippen molar-refractivity contribution < 1.29 is 14.7 Å². The van der Waals surface area contributed by atoms with Crippen LogP contribution in [-0.4, -0.2) is 41.1 Å². The van der Waals surface area contributed by atoms with Gasteiger partial charge in [0.05, 0.1) is 0 Å². The first-order valence-electron chi connectivity index (χ1n) is 7.40. The van der Waals surface area contributed by atoms with E-state index in [1.165, 1.54) is 12.8 Å². The molecule has 1 saturated carbocycles. The average molecular weight is 268 g/mol. The summed E-state index contributed by atoms with van der Waals surface area (Å²) in [5.41, 5.74) is 0. The highest BCUT2D eigenvalue weighted by atomic mass is 16.4. The largest absolute Gasteiger partial charge is 0.480 e. The van der Waals surface area contributed by atoms with Gasteiger partial charge in [-0.05, 0) is 37.5 Å². The van der Waals surface area contributed by atoms with Crippen molar-refractivity contribution in [2.24, 2.45) is 11.8 Å². The summed E-state index contributed by atoms with van der Waals surface area (Å²) in [7, 11) is 0. The predicted octanol–water partition coefficient (Wildman–Crippen LogP) is 2.07. The highest BCUT2D eigenvalue weighted by Crippen LogP contribution is 2.33. The number of aliphatic carboxylic acids is 1. The summed E-state index contributed by atoms with van der Waals surface area (Å²) in [5.74, 6) is -0.0384. The van der Waals surface area contributed by atoms with Crippen LogP contribution in [0.1, 0.15) is 45.4 Å². The van der Waals surface area contributed by atoms with E-state index in [9.17, 15) is 9.59 Å². The Morgan fingerprint density at radius 3 is 2.37 bits per heavy atom. The normalized spacial score (nSPS) is 22.1. The van der Waals surface area contributed by atoms with Gasteiger partial charge in [-0.2, -0.15) is 0 Å². The molecule has 5 heteroatoms. The third-order valence-corrected chi connectivity index (χ3v) is 4.24. The number of hydrogen-bond acceptors (Lipinski definition) is 2. The first kappa shape index (κ1) is 14.2. The third-order valence-electron chi connectivity index (χ3n) is 4.24. The molecule has 0 aromatic heterocycles. The van der Waals surface area contributed by atoms with Gasteiger partial charge in [-0.1, -0.05) is 19.8 Å². The van der Waals surface area contributed by atoms with Crippen molar-refractivity contribution in [2.75, 3.05) is 13.1 Å². The third kappa shape index (κ3) is 3.85. The van der Waals surface area contributed by atoms with Crippen molar-refractivity contribution in [2.45, 2.75) is 51.5 Å². The van der Waals surface area contributed by atoms with E-state index in [4.69, 9.17) is 5.11 Å². The molecule has 1 unspecified atom stereocenters. The van der Waals surface area contributed by atoms with Crippen molar-refractivity contribution in [3.8, 4) is 0 Å². The van der Waals surface area contributed by atoms with Crippen molar-refractivity contribution in [1.82, 2.24) is 10.2 Å². The van der Waals surface area contributed by atoms with Crippen molar-refractivity contribution in [3.05, 3.63) is 0 Å². The number of amides is 2. The minimum atomic E-state index is -0.906. The van der Waals surface area contributed by atoms with Gasteiger partial charge in [0.1, 0.15) is 6.04 Å². The van der Waals surface area contributed by atoms with E-state index in [0.29, 0.717) is 0 Å². The Morgan fingerprint density at radius 2 is 1.89 bits per heavy atom. The zero-order chi connectivity index (χ0) is 13.8. The van der Waals surface area contributed by atoms with Crippen LogP contribution in [0.2, 0.25) is 0 Å². The van der Waals surface area contributed by atoms with Crippen molar-refractivity contribution in [3.63, 3.8) is 0 Å². The molecule has 1 atom stereocenters. The molecule has 108 valence electrons. The lowest BCUT2D eigenvalue weighted by molar-refractivity contribution is -0.139. The molecule has 1 aliphatic carbocycles. The highest BCUT2D eigenvalue weighted by molar-refractivity contribution is 5.83. The summed E-state index contributed by atoms with van der Waals surface area (Å²) < 4.78 is 0. The number of nitrogens with zero attached hydrogens (tertiary/aromatic N) is 1. The minimum absolute atomic E-state index is 0.138. The molecule has 1 heterocycles. The van der Waals surface area contributed by atoms with Gasteiger partial charge in [0.15, 0.2) is 0 Å².